The van der Waals surface area contributed by atoms with Crippen LogP contribution >= 0.6 is 0 Å². The number of carboxylic acid groups (broad SMARTS) is 1. The highest BCUT2D eigenvalue weighted by molar-refractivity contribution is 5.94. The van der Waals surface area contributed by atoms with Crippen LogP contribution in [0.2, 0.25) is 0 Å². The number of carbonyl (C=O) groups excluding carboxylic acids is 2. The summed E-state index contributed by atoms with van der Waals surface area (Å²) in [5.41, 5.74) is 1.07. The quantitative estimate of drug-likeness (QED) is 0.212. The second-order valence-electron chi connectivity index (χ2n) is 7.50. The Kier molecular flexibility index (Phi) is 12.5. The van der Waals surface area contributed by atoms with Crippen LogP contribution in [0.5, 0.6) is 0 Å². The Balaban J connectivity index is 2.83. The van der Waals surface area contributed by atoms with Crippen molar-refractivity contribution in [1.82, 2.24) is 9.96 Å². The van der Waals surface area contributed by atoms with Crippen LogP contribution in [-0.2, 0) is 25.6 Å². The number of hydrogen-bond donors (Lipinski definition) is 2. The number of rotatable bonds is 12. The highest BCUT2D eigenvalue weighted by Gasteiger charge is 2.33. The molecule has 9 nitrogen and oxygen atoms in total. The maximum absolute atomic E-state index is 12.5. The molecule has 178 valence electrons. The van der Waals surface area contributed by atoms with Crippen molar-refractivity contribution in [3.63, 3.8) is 0 Å². The van der Waals surface area contributed by atoms with Crippen molar-refractivity contribution in [3.8, 4) is 0 Å². The van der Waals surface area contributed by atoms with Gasteiger partial charge in [0.1, 0.15) is 6.04 Å². The van der Waals surface area contributed by atoms with Gasteiger partial charge < -0.3 is 19.6 Å². The van der Waals surface area contributed by atoms with Gasteiger partial charge >= 0.3 is 18.0 Å². The van der Waals surface area contributed by atoms with E-state index in [1.165, 1.54) is 7.05 Å². The van der Waals surface area contributed by atoms with Crippen molar-refractivity contribution in [3.05, 3.63) is 35.9 Å². The lowest BCUT2D eigenvalue weighted by Crippen LogP contribution is -2.52. The second kappa shape index (κ2) is 14.8. The Hall–Kier alpha value is -3.10. The van der Waals surface area contributed by atoms with Gasteiger partial charge in [0, 0.05) is 13.5 Å². The van der Waals surface area contributed by atoms with Crippen molar-refractivity contribution < 1.29 is 29.1 Å². The first kappa shape index (κ1) is 26.9. The van der Waals surface area contributed by atoms with E-state index < -0.39 is 30.0 Å². The van der Waals surface area contributed by atoms with E-state index in [1.54, 1.807) is 0 Å². The minimum atomic E-state index is -1.13. The molecule has 1 atom stereocenters. The van der Waals surface area contributed by atoms with Gasteiger partial charge in [-0.3, -0.25) is 5.41 Å². The molecular formula is C23H35N3O6. The Morgan fingerprint density at radius 2 is 1.72 bits per heavy atom. The van der Waals surface area contributed by atoms with Crippen LogP contribution in [0.3, 0.4) is 0 Å². The lowest BCUT2D eigenvalue weighted by atomic mass is 10.1. The zero-order chi connectivity index (χ0) is 23.9. The summed E-state index contributed by atoms with van der Waals surface area (Å²) in [4.78, 5) is 42.8. The van der Waals surface area contributed by atoms with Crippen LogP contribution in [-0.4, -0.2) is 58.8 Å². The standard InChI is InChI=1S/C23H35N3O6/c1-4-6-15-19(21(28)29)25(3)22(24)26(23(30)31-17-7-5-2)32-20(27)16-11-14-18-12-9-8-10-13-18/h8-10,12-13,19,24H,4-7,11,14-17H2,1-3H3,(H,28,29). The monoisotopic (exact) mass is 449 g/mol. The summed E-state index contributed by atoms with van der Waals surface area (Å²) in [5.74, 6) is -2.39. The van der Waals surface area contributed by atoms with Gasteiger partial charge in [0.2, 0.25) is 5.96 Å². The van der Waals surface area contributed by atoms with Crippen molar-refractivity contribution in [2.75, 3.05) is 13.7 Å². The van der Waals surface area contributed by atoms with Crippen molar-refractivity contribution in [2.45, 2.75) is 71.3 Å². The van der Waals surface area contributed by atoms with Crippen molar-refractivity contribution in [2.24, 2.45) is 0 Å². The molecule has 0 fully saturated rings. The fraction of sp³-hybridized carbons (Fsp3) is 0.565. The first-order chi connectivity index (χ1) is 15.3. The zero-order valence-corrected chi connectivity index (χ0v) is 19.2. The van der Waals surface area contributed by atoms with Gasteiger partial charge in [-0.25, -0.2) is 14.4 Å². The van der Waals surface area contributed by atoms with E-state index >= 15 is 0 Å². The number of ether oxygens (including phenoxy) is 1. The van der Waals surface area contributed by atoms with Crippen LogP contribution < -0.4 is 0 Å². The molecule has 0 aromatic heterocycles. The highest BCUT2D eigenvalue weighted by Crippen LogP contribution is 2.13. The molecule has 0 heterocycles. The number of unbranched alkanes of at least 4 members (excludes halogenated alkanes) is 2. The molecule has 0 spiro atoms. The molecule has 1 rings (SSSR count). The van der Waals surface area contributed by atoms with Crippen LogP contribution in [0.25, 0.3) is 0 Å². The number of guanidine groups is 1. The molecule has 1 aromatic carbocycles. The first-order valence-corrected chi connectivity index (χ1v) is 11.1. The number of amides is 1. The van der Waals surface area contributed by atoms with Gasteiger partial charge in [0.05, 0.1) is 6.61 Å². The summed E-state index contributed by atoms with van der Waals surface area (Å²) < 4.78 is 5.11. The molecule has 0 aliphatic heterocycles. The number of likely N-dealkylation sites (N-methyl/N-ethyl adjacent to an activating group) is 1. The van der Waals surface area contributed by atoms with Crippen LogP contribution in [0, 0.1) is 5.41 Å². The summed E-state index contributed by atoms with van der Waals surface area (Å²) >= 11 is 0. The molecule has 0 aliphatic carbocycles. The van der Waals surface area contributed by atoms with E-state index in [2.05, 4.69) is 0 Å². The summed E-state index contributed by atoms with van der Waals surface area (Å²) in [6.45, 7) is 3.96. The Labute approximate surface area is 189 Å². The fourth-order valence-electron chi connectivity index (χ4n) is 2.93. The number of aryl methyl sites for hydroxylation is 1. The number of nitrogens with one attached hydrogen (secondary N) is 1. The van der Waals surface area contributed by atoms with E-state index in [4.69, 9.17) is 15.0 Å². The molecule has 1 unspecified atom stereocenters. The molecule has 0 radical (unpaired) electrons. The number of carboxylic acids is 1. The molecule has 2 N–H and O–H groups in total. The van der Waals surface area contributed by atoms with E-state index in [0.717, 1.165) is 23.3 Å². The third kappa shape index (κ3) is 9.36. The predicted octanol–water partition coefficient (Wildman–Crippen LogP) is 4.22. The summed E-state index contributed by atoms with van der Waals surface area (Å²) in [6.07, 6.45) is 3.28. The number of carbonyl (C=O) groups is 3. The molecule has 0 saturated heterocycles. The second-order valence-corrected chi connectivity index (χ2v) is 7.50. The number of nitrogens with zero attached hydrogens (tertiary/aromatic N) is 2. The smallest absolute Gasteiger partial charge is 0.451 e. The summed E-state index contributed by atoms with van der Waals surface area (Å²) in [5, 5.41) is 18.3. The maximum atomic E-state index is 12.5. The van der Waals surface area contributed by atoms with Gasteiger partial charge in [0.25, 0.3) is 0 Å². The normalized spacial score (nSPS) is 11.3. The third-order valence-electron chi connectivity index (χ3n) is 4.88. The molecular weight excluding hydrogens is 414 g/mol. The molecule has 32 heavy (non-hydrogen) atoms. The van der Waals surface area contributed by atoms with Crippen LogP contribution in [0.15, 0.2) is 30.3 Å². The average Bonchev–Trinajstić information content (AvgIpc) is 2.77. The fourth-order valence-corrected chi connectivity index (χ4v) is 2.93. The highest BCUT2D eigenvalue weighted by atomic mass is 16.8. The molecule has 1 amide bonds. The predicted molar refractivity (Wildman–Crippen MR) is 120 cm³/mol. The Bertz CT molecular complexity index is 741. The molecule has 0 saturated carbocycles. The SMILES string of the molecule is CCCCOC(=O)N(OC(=O)CCCc1ccccc1)C(=N)N(C)C(CCCC)C(=O)O. The number of hydrogen-bond acceptors (Lipinski definition) is 6. The number of hydroxylamine groups is 2. The zero-order valence-electron chi connectivity index (χ0n) is 19.2. The molecule has 0 aliphatic rings. The van der Waals surface area contributed by atoms with Gasteiger partial charge in [-0.1, -0.05) is 68.5 Å². The van der Waals surface area contributed by atoms with Gasteiger partial charge in [-0.15, -0.1) is 0 Å². The lowest BCUT2D eigenvalue weighted by Gasteiger charge is -2.31. The van der Waals surface area contributed by atoms with Crippen LogP contribution in [0.1, 0.15) is 64.4 Å². The van der Waals surface area contributed by atoms with E-state index in [-0.39, 0.29) is 19.4 Å². The third-order valence-corrected chi connectivity index (χ3v) is 4.88. The Morgan fingerprint density at radius 1 is 1.06 bits per heavy atom. The minimum Gasteiger partial charge on any atom is -0.480 e. The average molecular weight is 450 g/mol. The van der Waals surface area contributed by atoms with E-state index in [0.29, 0.717) is 30.7 Å². The minimum absolute atomic E-state index is 0.0306. The van der Waals surface area contributed by atoms with Gasteiger partial charge in [-0.2, -0.15) is 0 Å². The molecule has 9 heteroatoms. The molecule has 1 aromatic rings. The summed E-state index contributed by atoms with van der Waals surface area (Å²) in [7, 11) is 1.38. The number of aliphatic carboxylic acids is 1. The van der Waals surface area contributed by atoms with E-state index in [1.807, 2.05) is 44.2 Å². The first-order valence-electron chi connectivity index (χ1n) is 11.1. The van der Waals surface area contributed by atoms with E-state index in [9.17, 15) is 19.5 Å². The van der Waals surface area contributed by atoms with Gasteiger partial charge in [0.15, 0.2) is 0 Å². The molecule has 0 bridgehead atoms. The maximum Gasteiger partial charge on any atom is 0.451 e. The van der Waals surface area contributed by atoms with Gasteiger partial charge in [-0.05, 0) is 31.2 Å². The Morgan fingerprint density at radius 3 is 2.31 bits per heavy atom. The lowest BCUT2D eigenvalue weighted by molar-refractivity contribution is -0.170. The largest absolute Gasteiger partial charge is 0.480 e. The number of benzene rings is 1. The van der Waals surface area contributed by atoms with Crippen LogP contribution in [0.4, 0.5) is 4.79 Å². The summed E-state index contributed by atoms with van der Waals surface area (Å²) in [6, 6.07) is 8.61. The van der Waals surface area contributed by atoms with Crippen molar-refractivity contribution >= 4 is 24.0 Å². The topological polar surface area (TPSA) is 120 Å². The van der Waals surface area contributed by atoms with Crippen molar-refractivity contribution in [1.29, 1.82) is 5.41 Å².